The van der Waals surface area contributed by atoms with Crippen LogP contribution in [-0.4, -0.2) is 33.7 Å². The molecule has 2 fully saturated rings. The van der Waals surface area contributed by atoms with Crippen molar-refractivity contribution >= 4 is 12.1 Å². The summed E-state index contributed by atoms with van der Waals surface area (Å²) < 4.78 is 5.86. The van der Waals surface area contributed by atoms with E-state index in [2.05, 4.69) is 46.3 Å². The van der Waals surface area contributed by atoms with Gasteiger partial charge in [0.2, 0.25) is 11.8 Å². The Bertz CT molecular complexity index is 1030. The predicted octanol–water partition coefficient (Wildman–Crippen LogP) is 3.66. The van der Waals surface area contributed by atoms with Crippen molar-refractivity contribution in [3.63, 3.8) is 0 Å². The van der Waals surface area contributed by atoms with E-state index in [1.165, 1.54) is 18.0 Å². The van der Waals surface area contributed by atoms with Crippen LogP contribution in [0.25, 0.3) is 0 Å². The highest BCUT2D eigenvalue weighted by atomic mass is 16.5. The lowest BCUT2D eigenvalue weighted by atomic mass is 9.70. The van der Waals surface area contributed by atoms with Gasteiger partial charge >= 0.3 is 0 Å². The molecule has 1 aromatic carbocycles. The average molecular weight is 415 g/mol. The van der Waals surface area contributed by atoms with E-state index >= 15 is 0 Å². The van der Waals surface area contributed by atoms with Crippen molar-refractivity contribution in [2.45, 2.75) is 38.6 Å². The monoisotopic (exact) mass is 415 g/mol. The summed E-state index contributed by atoms with van der Waals surface area (Å²) >= 11 is 0. The molecule has 2 saturated carbocycles. The first kappa shape index (κ1) is 19.7. The number of carbonyl (C=O) groups is 1. The highest BCUT2D eigenvalue weighted by Gasteiger charge is 2.53. The third-order valence-electron chi connectivity index (χ3n) is 7.09. The van der Waals surface area contributed by atoms with Gasteiger partial charge < -0.3 is 4.74 Å². The van der Waals surface area contributed by atoms with Crippen LogP contribution in [0.2, 0.25) is 0 Å². The van der Waals surface area contributed by atoms with E-state index < -0.39 is 0 Å². The molecule has 5 rings (SSSR count). The Morgan fingerprint density at radius 2 is 2.00 bits per heavy atom. The van der Waals surface area contributed by atoms with Crippen molar-refractivity contribution < 1.29 is 9.53 Å². The lowest BCUT2D eigenvalue weighted by Crippen LogP contribution is -2.38. The minimum Gasteiger partial charge on any atom is -0.476 e. The van der Waals surface area contributed by atoms with E-state index in [-0.39, 0.29) is 23.6 Å². The summed E-state index contributed by atoms with van der Waals surface area (Å²) in [5.41, 5.74) is 2.62. The molecule has 4 unspecified atom stereocenters. The van der Waals surface area contributed by atoms with Crippen LogP contribution < -0.4 is 4.74 Å². The number of rotatable bonds is 5. The van der Waals surface area contributed by atoms with Crippen molar-refractivity contribution in [1.29, 1.82) is 5.26 Å². The molecule has 3 aliphatic rings. The molecule has 7 nitrogen and oxygen atoms in total. The fourth-order valence-electron chi connectivity index (χ4n) is 5.29. The summed E-state index contributed by atoms with van der Waals surface area (Å²) in [6, 6.07) is 10.3. The van der Waals surface area contributed by atoms with Gasteiger partial charge in [0.15, 0.2) is 5.69 Å². The third kappa shape index (κ3) is 3.67. The first-order valence-corrected chi connectivity index (χ1v) is 10.9. The van der Waals surface area contributed by atoms with Crippen molar-refractivity contribution in [3.05, 3.63) is 53.5 Å². The lowest BCUT2D eigenvalue weighted by Gasteiger charge is -2.37. The number of fused-ring (bicyclic) bond motifs is 1. The second-order valence-electron chi connectivity index (χ2n) is 8.81. The Kier molecular flexibility index (Phi) is 5.14. The fraction of sp³-hybridized carbons (Fsp3) is 0.458. The van der Waals surface area contributed by atoms with Gasteiger partial charge in [0.25, 0.3) is 0 Å². The summed E-state index contributed by atoms with van der Waals surface area (Å²) in [5, 5.41) is 15.0. The van der Waals surface area contributed by atoms with E-state index in [0.717, 1.165) is 31.2 Å². The molecule has 1 amide bonds. The van der Waals surface area contributed by atoms with Crippen molar-refractivity contribution in [3.8, 4) is 11.9 Å². The normalized spacial score (nSPS) is 28.6. The smallest absolute Gasteiger partial charge is 0.246 e. The summed E-state index contributed by atoms with van der Waals surface area (Å²) in [7, 11) is 0. The first-order chi connectivity index (χ1) is 15.1. The second-order valence-corrected chi connectivity index (χ2v) is 8.81. The largest absolute Gasteiger partial charge is 0.476 e. The summed E-state index contributed by atoms with van der Waals surface area (Å²) in [6.45, 7) is 2.59. The van der Waals surface area contributed by atoms with E-state index in [9.17, 15) is 4.79 Å². The number of nitrogens with zero attached hydrogens (tertiary/aromatic N) is 5. The Balaban J connectivity index is 1.25. The molecule has 2 aliphatic carbocycles. The third-order valence-corrected chi connectivity index (χ3v) is 7.09. The number of hydrogen-bond acceptors (Lipinski definition) is 6. The summed E-state index contributed by atoms with van der Waals surface area (Å²) in [5.74, 6) is 1.84. The van der Waals surface area contributed by atoms with Crippen LogP contribution in [0, 0.1) is 41.9 Å². The van der Waals surface area contributed by atoms with Crippen LogP contribution in [0.1, 0.15) is 48.5 Å². The number of nitriles is 1. The average Bonchev–Trinajstić information content (AvgIpc) is 3.35. The molecule has 5 atom stereocenters. The van der Waals surface area contributed by atoms with Crippen LogP contribution in [0.3, 0.4) is 0 Å². The Morgan fingerprint density at radius 1 is 1.19 bits per heavy atom. The summed E-state index contributed by atoms with van der Waals surface area (Å²) in [6.07, 6.45) is 8.59. The highest BCUT2D eigenvalue weighted by Crippen LogP contribution is 2.54. The zero-order valence-corrected chi connectivity index (χ0v) is 17.5. The molecule has 1 aromatic heterocycles. The molecule has 7 heteroatoms. The van der Waals surface area contributed by atoms with Gasteiger partial charge in [0, 0.05) is 18.6 Å². The molecule has 2 aromatic rings. The van der Waals surface area contributed by atoms with Gasteiger partial charge in [0.05, 0.1) is 25.0 Å². The standard InChI is InChI=1S/C24H25N5O2/c1-15-2-4-16(5-3-15)22-8-9-28-29(22)24(30)21-10-17(19-6-7-20(19)21)14-31-23-13-26-18(11-25)12-27-23/h2-5,9,12-13,17,19-22H,6-8,10,14H2,1H3/t17?,19?,20?,21-,22?/m0/s1. The van der Waals surface area contributed by atoms with E-state index in [1.54, 1.807) is 5.01 Å². The number of ether oxygens (including phenoxy) is 1. The molecule has 0 spiro atoms. The Hall–Kier alpha value is -3.27. The number of hydrazone groups is 1. The van der Waals surface area contributed by atoms with Crippen LogP contribution in [-0.2, 0) is 4.79 Å². The number of aryl methyl sites for hydroxylation is 1. The number of carbonyl (C=O) groups excluding carboxylic acids is 1. The van der Waals surface area contributed by atoms with Gasteiger partial charge in [-0.1, -0.05) is 29.8 Å². The topological polar surface area (TPSA) is 91.5 Å². The number of benzene rings is 1. The van der Waals surface area contributed by atoms with Crippen LogP contribution in [0.4, 0.5) is 0 Å². The number of hydrogen-bond donors (Lipinski definition) is 0. The first-order valence-electron chi connectivity index (χ1n) is 10.9. The van der Waals surface area contributed by atoms with Gasteiger partial charge in [-0.05, 0) is 49.5 Å². The minimum absolute atomic E-state index is 0.00241. The molecule has 31 heavy (non-hydrogen) atoms. The van der Waals surface area contributed by atoms with Crippen molar-refractivity contribution in [2.24, 2.45) is 28.8 Å². The highest BCUT2D eigenvalue weighted by molar-refractivity contribution is 5.82. The Labute approximate surface area is 181 Å². The Morgan fingerprint density at radius 3 is 2.68 bits per heavy atom. The van der Waals surface area contributed by atoms with Crippen LogP contribution in [0.5, 0.6) is 5.88 Å². The maximum Gasteiger partial charge on any atom is 0.246 e. The molecule has 2 heterocycles. The van der Waals surface area contributed by atoms with Gasteiger partial charge in [-0.25, -0.2) is 15.0 Å². The molecule has 0 radical (unpaired) electrons. The zero-order valence-electron chi connectivity index (χ0n) is 17.5. The minimum atomic E-state index is -0.00384. The second kappa shape index (κ2) is 8.10. The lowest BCUT2D eigenvalue weighted by molar-refractivity contribution is -0.139. The maximum absolute atomic E-state index is 13.5. The number of aromatic nitrogens is 2. The molecule has 0 N–H and O–H groups in total. The van der Waals surface area contributed by atoms with Crippen LogP contribution in [0.15, 0.2) is 41.8 Å². The fourth-order valence-corrected chi connectivity index (χ4v) is 5.29. The van der Waals surface area contributed by atoms with E-state index in [4.69, 9.17) is 10.00 Å². The van der Waals surface area contributed by atoms with Crippen molar-refractivity contribution in [2.75, 3.05) is 6.61 Å². The maximum atomic E-state index is 13.5. The quantitative estimate of drug-likeness (QED) is 0.743. The molecular formula is C24H25N5O2. The zero-order chi connectivity index (χ0) is 21.4. The molecule has 1 aliphatic heterocycles. The molecule has 0 saturated heterocycles. The molecule has 158 valence electrons. The van der Waals surface area contributed by atoms with Gasteiger partial charge in [-0.3, -0.25) is 4.79 Å². The van der Waals surface area contributed by atoms with Crippen LogP contribution >= 0.6 is 0 Å². The number of amides is 1. The molecule has 0 bridgehead atoms. The summed E-state index contributed by atoms with van der Waals surface area (Å²) in [4.78, 5) is 21.6. The van der Waals surface area contributed by atoms with E-state index in [1.807, 2.05) is 12.3 Å². The molecular weight excluding hydrogens is 390 g/mol. The van der Waals surface area contributed by atoms with E-state index in [0.29, 0.717) is 30.2 Å². The van der Waals surface area contributed by atoms with Gasteiger partial charge in [-0.15, -0.1) is 0 Å². The predicted molar refractivity (Wildman–Crippen MR) is 114 cm³/mol. The SMILES string of the molecule is Cc1ccc(C2CC=NN2C(=O)[C@H]2CC(COc3cnc(C#N)cn3)C3CCC32)cc1. The van der Waals surface area contributed by atoms with Crippen molar-refractivity contribution in [1.82, 2.24) is 15.0 Å². The van der Waals surface area contributed by atoms with Gasteiger partial charge in [-0.2, -0.15) is 10.4 Å². The van der Waals surface area contributed by atoms with Gasteiger partial charge in [0.1, 0.15) is 6.07 Å².